The molecule has 1 aromatic heterocycles. The Morgan fingerprint density at radius 2 is 1.56 bits per heavy atom. The van der Waals surface area contributed by atoms with Crippen molar-refractivity contribution in [2.24, 2.45) is 0 Å². The van der Waals surface area contributed by atoms with Gasteiger partial charge < -0.3 is 53.7 Å². The van der Waals surface area contributed by atoms with Gasteiger partial charge in [-0.25, -0.2) is 19.2 Å². The van der Waals surface area contributed by atoms with Gasteiger partial charge in [0.15, 0.2) is 18.1 Å². The number of carbonyl (C=O) groups excluding carboxylic acids is 6. The molecule has 2 aliphatic rings. The molecule has 0 radical (unpaired) electrons. The summed E-state index contributed by atoms with van der Waals surface area (Å²) in [6.45, 7) is 4.20. The van der Waals surface area contributed by atoms with Gasteiger partial charge in [-0.3, -0.25) is 28.9 Å². The molecule has 2 aromatic carbocycles. The van der Waals surface area contributed by atoms with Gasteiger partial charge in [-0.2, -0.15) is 0 Å². The van der Waals surface area contributed by atoms with Crippen molar-refractivity contribution in [1.82, 2.24) is 15.5 Å². The van der Waals surface area contributed by atoms with Gasteiger partial charge >= 0.3 is 30.2 Å². The lowest BCUT2D eigenvalue weighted by molar-refractivity contribution is -0.151. The number of thioether (sulfide) groups is 1. The summed E-state index contributed by atoms with van der Waals surface area (Å²) in [4.78, 5) is 115. The van der Waals surface area contributed by atoms with Crippen LogP contribution in [0.1, 0.15) is 48.5 Å². The zero-order valence-electron chi connectivity index (χ0n) is 31.5. The fraction of sp³-hybridized carbons (Fsp3) is 0.324. The number of nitrogens with zero attached hydrogens (tertiary/aromatic N) is 1. The standard InChI is InChI=1S/C37H35N3O18S/c1-5-52-36(50)57-23-11-21-22(12-24(23)58-37(51)53-6-2)56-16(3)26(30(21)44)31(45)38-27(18-7-9-20(10-8-18)55-14-25(42)43)32(46)39-28-33(47)40-29(35(48)49)19(13-54-17(4)41)15-59-34(28)40/h7-12,27-28,34H,5-6,13-15H2,1-4H3,(H,38,45)(H,39,46)(H,42,43)(H,48,49)/t27?,28-,34-/m1/s1. The van der Waals surface area contributed by atoms with E-state index in [0.29, 0.717) is 0 Å². The highest BCUT2D eigenvalue weighted by molar-refractivity contribution is 8.00. The number of carbonyl (C=O) groups is 8. The molecule has 3 amide bonds. The van der Waals surface area contributed by atoms with Crippen LogP contribution in [0.3, 0.4) is 0 Å². The van der Waals surface area contributed by atoms with Crippen molar-refractivity contribution in [2.75, 3.05) is 32.2 Å². The van der Waals surface area contributed by atoms with E-state index < -0.39 is 100 Å². The van der Waals surface area contributed by atoms with E-state index in [-0.39, 0.29) is 59.2 Å². The highest BCUT2D eigenvalue weighted by atomic mass is 32.2. The van der Waals surface area contributed by atoms with E-state index in [1.807, 2.05) is 0 Å². The first-order chi connectivity index (χ1) is 28.0. The number of esters is 1. The SMILES string of the molecule is CCOC(=O)Oc1cc2oc(C)c(C(=O)NC(C(=O)N[C@@H]3C(=O)N4C(C(=O)O)=C(COC(C)=O)CS[C@H]34)c3ccc(OCC(=O)O)cc3)c(=O)c2cc1OC(=O)OCC. The van der Waals surface area contributed by atoms with Crippen molar-refractivity contribution in [3.63, 3.8) is 0 Å². The number of β-lactam (4-membered cyclic amide) rings is 1. The van der Waals surface area contributed by atoms with Crippen LogP contribution < -0.4 is 30.3 Å². The van der Waals surface area contributed by atoms with Crippen LogP contribution in [-0.4, -0.2) is 107 Å². The number of fused-ring (bicyclic) bond motifs is 2. The maximum atomic E-state index is 14.0. The molecule has 5 rings (SSSR count). The fourth-order valence-corrected chi connectivity index (χ4v) is 7.16. The van der Waals surface area contributed by atoms with E-state index in [2.05, 4.69) is 10.6 Å². The number of benzene rings is 2. The van der Waals surface area contributed by atoms with Crippen molar-refractivity contribution in [1.29, 1.82) is 0 Å². The molecule has 3 atom stereocenters. The van der Waals surface area contributed by atoms with Crippen molar-refractivity contribution in [2.45, 2.75) is 45.2 Å². The third kappa shape index (κ3) is 9.72. The van der Waals surface area contributed by atoms with E-state index in [0.717, 1.165) is 35.7 Å². The van der Waals surface area contributed by atoms with Crippen LogP contribution >= 0.6 is 11.8 Å². The summed E-state index contributed by atoms with van der Waals surface area (Å²) in [5.41, 5.74) is -1.97. The van der Waals surface area contributed by atoms with Crippen molar-refractivity contribution < 1.29 is 81.4 Å². The smallest absolute Gasteiger partial charge is 0.482 e. The number of carboxylic acid groups (broad SMARTS) is 2. The second kappa shape index (κ2) is 18.4. The van der Waals surface area contributed by atoms with Crippen molar-refractivity contribution in [3.05, 3.63) is 74.8 Å². The Morgan fingerprint density at radius 1 is 0.932 bits per heavy atom. The summed E-state index contributed by atoms with van der Waals surface area (Å²) < 4.78 is 35.7. The van der Waals surface area contributed by atoms with Gasteiger partial charge in [0.1, 0.15) is 52.4 Å². The van der Waals surface area contributed by atoms with Gasteiger partial charge in [-0.05, 0) is 44.5 Å². The molecule has 1 saturated heterocycles. The zero-order chi connectivity index (χ0) is 43.1. The topological polar surface area (TPSA) is 290 Å². The first-order valence-electron chi connectivity index (χ1n) is 17.4. The van der Waals surface area contributed by atoms with Crippen LogP contribution in [0.15, 0.2) is 56.9 Å². The summed E-state index contributed by atoms with van der Waals surface area (Å²) in [6.07, 6.45) is -2.40. The Labute approximate surface area is 336 Å². The molecule has 0 bridgehead atoms. The highest BCUT2D eigenvalue weighted by Gasteiger charge is 2.54. The van der Waals surface area contributed by atoms with Gasteiger partial charge in [-0.15, -0.1) is 11.8 Å². The molecule has 2 aliphatic heterocycles. The minimum atomic E-state index is -1.65. The summed E-state index contributed by atoms with van der Waals surface area (Å²) >= 11 is 1.09. The van der Waals surface area contributed by atoms with Crippen molar-refractivity contribution in [3.8, 4) is 17.2 Å². The number of aliphatic carboxylic acids is 2. The Hall–Kier alpha value is -7.10. The third-order valence-electron chi connectivity index (χ3n) is 8.38. The average molecular weight is 842 g/mol. The number of hydrogen-bond donors (Lipinski definition) is 4. The molecular formula is C37H35N3O18S. The maximum absolute atomic E-state index is 14.0. The fourth-order valence-electron chi connectivity index (χ4n) is 5.84. The molecule has 22 heteroatoms. The van der Waals surface area contributed by atoms with Gasteiger partial charge in [0.2, 0.25) is 11.3 Å². The zero-order valence-corrected chi connectivity index (χ0v) is 32.3. The lowest BCUT2D eigenvalue weighted by Gasteiger charge is -2.49. The molecule has 0 aliphatic carbocycles. The Morgan fingerprint density at radius 3 is 2.14 bits per heavy atom. The van der Waals surface area contributed by atoms with Crippen LogP contribution in [0.5, 0.6) is 17.2 Å². The van der Waals surface area contributed by atoms with Crippen LogP contribution in [0, 0.1) is 6.92 Å². The number of aryl methyl sites for hydroxylation is 1. The van der Waals surface area contributed by atoms with Crippen LogP contribution in [0.25, 0.3) is 11.0 Å². The molecule has 1 unspecified atom stereocenters. The number of carboxylic acids is 2. The van der Waals surface area contributed by atoms with E-state index >= 15 is 0 Å². The largest absolute Gasteiger partial charge is 0.513 e. The first-order valence-corrected chi connectivity index (χ1v) is 18.5. The minimum Gasteiger partial charge on any atom is -0.482 e. The molecule has 0 saturated carbocycles. The molecule has 3 aromatic rings. The van der Waals surface area contributed by atoms with Gasteiger partial charge in [0.25, 0.3) is 11.8 Å². The van der Waals surface area contributed by atoms with Gasteiger partial charge in [-0.1, -0.05) is 12.1 Å². The third-order valence-corrected chi connectivity index (χ3v) is 9.72. The van der Waals surface area contributed by atoms with Crippen LogP contribution in [0.2, 0.25) is 0 Å². The summed E-state index contributed by atoms with van der Waals surface area (Å²) in [6, 6.07) is 4.33. The first kappa shape index (κ1) is 43.0. The minimum absolute atomic E-state index is 0.0354. The number of ether oxygens (including phenoxy) is 6. The Balaban J connectivity index is 1.48. The van der Waals surface area contributed by atoms with Crippen molar-refractivity contribution >= 4 is 70.7 Å². The predicted molar refractivity (Wildman–Crippen MR) is 199 cm³/mol. The summed E-state index contributed by atoms with van der Waals surface area (Å²) in [5.74, 6) is -7.34. The lowest BCUT2D eigenvalue weighted by Crippen LogP contribution is -2.71. The summed E-state index contributed by atoms with van der Waals surface area (Å²) in [7, 11) is 0. The molecule has 3 heterocycles. The number of hydrogen-bond acceptors (Lipinski definition) is 17. The number of nitrogens with one attached hydrogen (secondary N) is 2. The average Bonchev–Trinajstić information content (AvgIpc) is 3.17. The maximum Gasteiger partial charge on any atom is 0.513 e. The molecule has 4 N–H and O–H groups in total. The molecule has 59 heavy (non-hydrogen) atoms. The van der Waals surface area contributed by atoms with Gasteiger partial charge in [0, 0.05) is 24.3 Å². The summed E-state index contributed by atoms with van der Waals surface area (Å²) in [5, 5.41) is 22.7. The molecular weight excluding hydrogens is 806 g/mol. The molecule has 0 spiro atoms. The molecule has 312 valence electrons. The Kier molecular flexibility index (Phi) is 13.5. The quantitative estimate of drug-likeness (QED) is 0.0739. The lowest BCUT2D eigenvalue weighted by atomic mass is 10.0. The van der Waals surface area contributed by atoms with Gasteiger partial charge in [0.05, 0.1) is 18.6 Å². The van der Waals surface area contributed by atoms with Crippen LogP contribution in [-0.2, 0) is 38.2 Å². The van der Waals surface area contributed by atoms with E-state index in [9.17, 15) is 48.3 Å². The van der Waals surface area contributed by atoms with E-state index in [1.54, 1.807) is 0 Å². The van der Waals surface area contributed by atoms with E-state index in [1.165, 1.54) is 45.0 Å². The molecule has 21 nitrogen and oxygen atoms in total. The molecule has 1 fully saturated rings. The second-order valence-electron chi connectivity index (χ2n) is 12.3. The second-order valence-corrected chi connectivity index (χ2v) is 13.4. The normalized spacial score (nSPS) is 16.1. The predicted octanol–water partition coefficient (Wildman–Crippen LogP) is 2.41. The highest BCUT2D eigenvalue weighted by Crippen LogP contribution is 2.41. The monoisotopic (exact) mass is 841 g/mol. The number of amides is 3. The van der Waals surface area contributed by atoms with Crippen LogP contribution in [0.4, 0.5) is 9.59 Å². The number of rotatable bonds is 15. The Bertz CT molecular complexity index is 2320. The van der Waals surface area contributed by atoms with E-state index in [4.69, 9.17) is 37.9 Å².